The molecule has 142 valence electrons. The van der Waals surface area contributed by atoms with E-state index in [0.717, 1.165) is 31.2 Å². The van der Waals surface area contributed by atoms with E-state index >= 15 is 0 Å². The van der Waals surface area contributed by atoms with Gasteiger partial charge < -0.3 is 10.1 Å². The molecule has 2 aromatic rings. The predicted molar refractivity (Wildman–Crippen MR) is 104 cm³/mol. The van der Waals surface area contributed by atoms with Gasteiger partial charge in [0.05, 0.1) is 6.04 Å². The monoisotopic (exact) mass is 385 g/mol. The van der Waals surface area contributed by atoms with E-state index in [1.54, 1.807) is 0 Å². The van der Waals surface area contributed by atoms with Crippen molar-refractivity contribution >= 4 is 29.0 Å². The van der Waals surface area contributed by atoms with Crippen molar-refractivity contribution in [3.8, 4) is 0 Å². The van der Waals surface area contributed by atoms with E-state index in [4.69, 9.17) is 4.74 Å². The first-order valence-corrected chi connectivity index (χ1v) is 9.97. The molecule has 1 aliphatic rings. The minimum absolute atomic E-state index is 0.135. The van der Waals surface area contributed by atoms with Gasteiger partial charge in [0.2, 0.25) is 0 Å². The number of ketones is 1. The minimum Gasteiger partial charge on any atom is -0.451 e. The number of carbonyl (C=O) groups is 3. The fourth-order valence-electron chi connectivity index (χ4n) is 3.18. The van der Waals surface area contributed by atoms with Crippen molar-refractivity contribution in [1.82, 2.24) is 5.32 Å². The Morgan fingerprint density at radius 3 is 2.59 bits per heavy atom. The van der Waals surface area contributed by atoms with Crippen LogP contribution in [-0.2, 0) is 33.6 Å². The van der Waals surface area contributed by atoms with E-state index in [0.29, 0.717) is 11.3 Å². The number of fused-ring (bicyclic) bond motifs is 1. The minimum atomic E-state index is -0.632. The number of thiophene rings is 1. The molecule has 1 aromatic carbocycles. The third-order valence-corrected chi connectivity index (χ3v) is 5.86. The number of Topliss-reactive ketones (excluding diaryl/α,β-unsaturated/α-hetero) is 1. The molecule has 1 N–H and O–H groups in total. The van der Waals surface area contributed by atoms with E-state index in [-0.39, 0.29) is 12.4 Å². The second-order valence-electron chi connectivity index (χ2n) is 6.76. The van der Waals surface area contributed by atoms with Crippen molar-refractivity contribution in [2.45, 2.75) is 45.1 Å². The Morgan fingerprint density at radius 1 is 1.15 bits per heavy atom. The number of benzene rings is 1. The van der Waals surface area contributed by atoms with Crippen LogP contribution in [0.2, 0.25) is 0 Å². The Balaban J connectivity index is 1.52. The van der Waals surface area contributed by atoms with Crippen LogP contribution in [0.1, 0.15) is 45.4 Å². The van der Waals surface area contributed by atoms with Gasteiger partial charge in [0, 0.05) is 4.88 Å². The molecule has 1 heterocycles. The summed E-state index contributed by atoms with van der Waals surface area (Å²) < 4.78 is 5.15. The quantitative estimate of drug-likeness (QED) is 0.744. The smallest absolute Gasteiger partial charge is 0.348 e. The number of nitrogens with one attached hydrogen (secondary N) is 1. The van der Waals surface area contributed by atoms with Crippen molar-refractivity contribution in [2.75, 3.05) is 6.61 Å². The van der Waals surface area contributed by atoms with Crippen LogP contribution in [0.15, 0.2) is 36.4 Å². The van der Waals surface area contributed by atoms with E-state index in [9.17, 15) is 14.4 Å². The lowest BCUT2D eigenvalue weighted by atomic mass is 9.99. The highest BCUT2D eigenvalue weighted by Gasteiger charge is 2.21. The zero-order valence-corrected chi connectivity index (χ0v) is 16.1. The normalized spacial score (nSPS) is 14.1. The average molecular weight is 385 g/mol. The van der Waals surface area contributed by atoms with E-state index in [1.165, 1.54) is 28.7 Å². The second-order valence-corrected chi connectivity index (χ2v) is 7.90. The lowest BCUT2D eigenvalue weighted by Crippen LogP contribution is -2.43. The van der Waals surface area contributed by atoms with Gasteiger partial charge >= 0.3 is 5.97 Å². The number of hydrogen-bond acceptors (Lipinski definition) is 5. The van der Waals surface area contributed by atoms with E-state index in [1.807, 2.05) is 36.4 Å². The molecular formula is C21H23NO4S. The molecule has 0 spiro atoms. The highest BCUT2D eigenvalue weighted by Crippen LogP contribution is 2.29. The SMILES string of the molecule is CC(=O)[C@@H](Cc1ccccc1)NC(=O)COC(=O)c1cc2c(s1)CCCC2. The second kappa shape index (κ2) is 8.95. The lowest BCUT2D eigenvalue weighted by molar-refractivity contribution is -0.128. The van der Waals surface area contributed by atoms with Gasteiger partial charge in [-0.1, -0.05) is 30.3 Å². The average Bonchev–Trinajstić information content (AvgIpc) is 3.10. The molecule has 0 saturated heterocycles. The first kappa shape index (κ1) is 19.3. The summed E-state index contributed by atoms with van der Waals surface area (Å²) in [4.78, 5) is 38.0. The number of hydrogen-bond donors (Lipinski definition) is 1. The first-order valence-electron chi connectivity index (χ1n) is 9.15. The maximum absolute atomic E-state index is 12.2. The van der Waals surface area contributed by atoms with Crippen LogP contribution in [0.25, 0.3) is 0 Å². The number of aryl methyl sites for hydroxylation is 2. The molecule has 1 atom stereocenters. The molecule has 0 aliphatic heterocycles. The van der Waals surface area contributed by atoms with Gasteiger partial charge in [-0.15, -0.1) is 11.3 Å². The van der Waals surface area contributed by atoms with Gasteiger partial charge in [0.1, 0.15) is 4.88 Å². The fourth-order valence-corrected chi connectivity index (χ4v) is 4.32. The number of rotatable bonds is 7. The summed E-state index contributed by atoms with van der Waals surface area (Å²) in [5, 5.41) is 2.66. The molecule has 0 radical (unpaired) electrons. The number of amides is 1. The van der Waals surface area contributed by atoms with Crippen molar-refractivity contribution in [2.24, 2.45) is 0 Å². The molecular weight excluding hydrogens is 362 g/mol. The van der Waals surface area contributed by atoms with Crippen LogP contribution >= 0.6 is 11.3 Å². The van der Waals surface area contributed by atoms with Crippen LogP contribution in [0, 0.1) is 0 Å². The highest BCUT2D eigenvalue weighted by atomic mass is 32.1. The molecule has 1 aliphatic carbocycles. The van der Waals surface area contributed by atoms with E-state index in [2.05, 4.69) is 5.32 Å². The molecule has 0 bridgehead atoms. The summed E-state index contributed by atoms with van der Waals surface area (Å²) in [5.41, 5.74) is 2.18. The maximum Gasteiger partial charge on any atom is 0.348 e. The zero-order chi connectivity index (χ0) is 19.2. The maximum atomic E-state index is 12.2. The van der Waals surface area contributed by atoms with Gasteiger partial charge in [-0.2, -0.15) is 0 Å². The van der Waals surface area contributed by atoms with Crippen LogP contribution in [0.5, 0.6) is 0 Å². The van der Waals surface area contributed by atoms with Gasteiger partial charge in [0.15, 0.2) is 12.4 Å². The topological polar surface area (TPSA) is 72.5 Å². The van der Waals surface area contributed by atoms with Crippen molar-refractivity contribution < 1.29 is 19.1 Å². The first-order chi connectivity index (χ1) is 13.0. The summed E-state index contributed by atoms with van der Waals surface area (Å²) in [5.74, 6) is -1.09. The largest absolute Gasteiger partial charge is 0.451 e. The summed E-state index contributed by atoms with van der Waals surface area (Å²) in [7, 11) is 0. The van der Waals surface area contributed by atoms with Crippen LogP contribution < -0.4 is 5.32 Å². The van der Waals surface area contributed by atoms with Crippen molar-refractivity contribution in [1.29, 1.82) is 0 Å². The third kappa shape index (κ3) is 5.26. The Labute approximate surface area is 162 Å². The molecule has 27 heavy (non-hydrogen) atoms. The molecule has 5 nitrogen and oxygen atoms in total. The molecule has 0 fully saturated rings. The van der Waals surface area contributed by atoms with E-state index < -0.39 is 17.9 Å². The zero-order valence-electron chi connectivity index (χ0n) is 15.3. The summed E-state index contributed by atoms with van der Waals surface area (Å²) in [6.07, 6.45) is 4.72. The van der Waals surface area contributed by atoms with Crippen LogP contribution in [0.3, 0.4) is 0 Å². The molecule has 1 aromatic heterocycles. The Morgan fingerprint density at radius 2 is 1.89 bits per heavy atom. The van der Waals surface area contributed by atoms with Crippen molar-refractivity contribution in [3.05, 3.63) is 57.3 Å². The lowest BCUT2D eigenvalue weighted by Gasteiger charge is -2.16. The number of esters is 1. The number of ether oxygens (including phenoxy) is 1. The van der Waals surface area contributed by atoms with Crippen LogP contribution in [-0.4, -0.2) is 30.3 Å². The Bertz CT molecular complexity index is 804. The molecule has 0 saturated carbocycles. The molecule has 3 rings (SSSR count). The van der Waals surface area contributed by atoms with Gasteiger partial charge in [0.25, 0.3) is 5.91 Å². The molecule has 1 amide bonds. The molecule has 6 heteroatoms. The predicted octanol–water partition coefficient (Wildman–Crippen LogP) is 3.10. The molecule has 0 unspecified atom stereocenters. The fraction of sp³-hybridized carbons (Fsp3) is 0.381. The third-order valence-electron chi connectivity index (χ3n) is 4.64. The summed E-state index contributed by atoms with van der Waals surface area (Å²) in [6.45, 7) is 1.05. The van der Waals surface area contributed by atoms with Crippen molar-refractivity contribution in [3.63, 3.8) is 0 Å². The Hall–Kier alpha value is -2.47. The highest BCUT2D eigenvalue weighted by molar-refractivity contribution is 7.14. The van der Waals surface area contributed by atoms with Crippen LogP contribution in [0.4, 0.5) is 0 Å². The van der Waals surface area contributed by atoms with Gasteiger partial charge in [-0.3, -0.25) is 9.59 Å². The van der Waals surface area contributed by atoms with Gasteiger partial charge in [-0.05, 0) is 56.2 Å². The number of carbonyl (C=O) groups excluding carboxylic acids is 3. The summed E-state index contributed by atoms with van der Waals surface area (Å²) >= 11 is 1.46. The Kier molecular flexibility index (Phi) is 6.40. The summed E-state index contributed by atoms with van der Waals surface area (Å²) in [6, 6.07) is 10.7. The standard InChI is InChI=1S/C21H23NO4S/c1-14(23)17(11-15-7-3-2-4-8-15)22-20(24)13-26-21(25)19-12-16-9-5-6-10-18(16)27-19/h2-4,7-8,12,17H,5-6,9-11,13H2,1H3,(H,22,24)/t17-/m1/s1. The van der Waals surface area contributed by atoms with Gasteiger partial charge in [-0.25, -0.2) is 4.79 Å².